The second kappa shape index (κ2) is 6.21. The van der Waals surface area contributed by atoms with Gasteiger partial charge in [0.1, 0.15) is 13.2 Å². The molecule has 3 rings (SSSR count). The first kappa shape index (κ1) is 14.6. The summed E-state index contributed by atoms with van der Waals surface area (Å²) >= 11 is 3.45. The average Bonchev–Trinajstić information content (AvgIpc) is 2.96. The van der Waals surface area contributed by atoms with E-state index in [0.29, 0.717) is 43.6 Å². The molecule has 0 aliphatic carbocycles. The number of benzene rings is 1. The van der Waals surface area contributed by atoms with Gasteiger partial charge in [0.25, 0.3) is 0 Å². The van der Waals surface area contributed by atoms with Gasteiger partial charge in [-0.3, -0.25) is 4.79 Å². The molecule has 1 aromatic rings. The number of ether oxygens (including phenoxy) is 3. The molecule has 1 fully saturated rings. The third-order valence-electron chi connectivity index (χ3n) is 3.68. The maximum absolute atomic E-state index is 12.4. The molecule has 114 valence electrons. The number of nitrogens with one attached hydrogen (secondary N) is 2. The molecule has 2 heterocycles. The number of likely N-dealkylation sites (N-methyl/N-ethyl adjacent to an activating group) is 1. The van der Waals surface area contributed by atoms with Crippen molar-refractivity contribution >= 4 is 27.5 Å². The zero-order valence-corrected chi connectivity index (χ0v) is 13.2. The van der Waals surface area contributed by atoms with Gasteiger partial charge in [0.2, 0.25) is 5.91 Å². The van der Waals surface area contributed by atoms with Crippen molar-refractivity contribution in [1.29, 1.82) is 0 Å². The van der Waals surface area contributed by atoms with Crippen molar-refractivity contribution in [2.45, 2.75) is 6.04 Å². The first-order chi connectivity index (χ1) is 10.2. The van der Waals surface area contributed by atoms with Crippen LogP contribution in [0.4, 0.5) is 5.69 Å². The van der Waals surface area contributed by atoms with Gasteiger partial charge in [-0.05, 0) is 23.0 Å². The van der Waals surface area contributed by atoms with E-state index in [0.717, 1.165) is 4.47 Å². The summed E-state index contributed by atoms with van der Waals surface area (Å²) in [7, 11) is 1.83. The number of rotatable bonds is 3. The third kappa shape index (κ3) is 3.00. The van der Waals surface area contributed by atoms with Gasteiger partial charge in [-0.2, -0.15) is 0 Å². The summed E-state index contributed by atoms with van der Waals surface area (Å²) in [6, 6.07) is 3.63. The number of halogens is 1. The highest BCUT2D eigenvalue weighted by Crippen LogP contribution is 2.38. The molecule has 2 N–H and O–H groups in total. The van der Waals surface area contributed by atoms with Gasteiger partial charge in [0.15, 0.2) is 11.5 Å². The predicted molar refractivity (Wildman–Crippen MR) is 80.9 cm³/mol. The minimum atomic E-state index is -0.199. The van der Waals surface area contributed by atoms with Crippen LogP contribution in [0.5, 0.6) is 11.5 Å². The van der Waals surface area contributed by atoms with Crippen LogP contribution in [0.15, 0.2) is 16.6 Å². The maximum atomic E-state index is 12.4. The van der Waals surface area contributed by atoms with E-state index in [-0.39, 0.29) is 17.9 Å². The van der Waals surface area contributed by atoms with Crippen LogP contribution >= 0.6 is 15.9 Å². The van der Waals surface area contributed by atoms with Crippen LogP contribution in [0, 0.1) is 5.92 Å². The van der Waals surface area contributed by atoms with Crippen LogP contribution in [0.1, 0.15) is 0 Å². The summed E-state index contributed by atoms with van der Waals surface area (Å²) in [6.45, 7) is 2.03. The van der Waals surface area contributed by atoms with Crippen LogP contribution in [0.25, 0.3) is 0 Å². The fourth-order valence-electron chi connectivity index (χ4n) is 2.48. The number of hydrogen-bond donors (Lipinski definition) is 2. The number of hydrogen-bond acceptors (Lipinski definition) is 5. The SMILES string of the molecule is CNC1COCC1C(=O)Nc1cc2c(cc1Br)OCCO2. The van der Waals surface area contributed by atoms with E-state index in [9.17, 15) is 4.79 Å². The van der Waals surface area contributed by atoms with E-state index in [1.54, 1.807) is 6.07 Å². The number of anilines is 1. The standard InChI is InChI=1S/C14H17BrN2O4/c1-16-11-7-19-6-8(11)14(18)17-10-5-13-12(4-9(10)15)20-2-3-21-13/h4-5,8,11,16H,2-3,6-7H2,1H3,(H,17,18). The van der Waals surface area contributed by atoms with E-state index >= 15 is 0 Å². The fourth-order valence-corrected chi connectivity index (χ4v) is 2.90. The van der Waals surface area contributed by atoms with Crippen molar-refractivity contribution in [2.75, 3.05) is 38.8 Å². The molecule has 0 saturated carbocycles. The lowest BCUT2D eigenvalue weighted by Gasteiger charge is -2.21. The van der Waals surface area contributed by atoms with Crippen molar-refractivity contribution in [1.82, 2.24) is 5.32 Å². The minimum absolute atomic E-state index is 0.0426. The van der Waals surface area contributed by atoms with Gasteiger partial charge >= 0.3 is 0 Å². The zero-order chi connectivity index (χ0) is 14.8. The van der Waals surface area contributed by atoms with Gasteiger partial charge in [-0.1, -0.05) is 0 Å². The Balaban J connectivity index is 1.76. The lowest BCUT2D eigenvalue weighted by molar-refractivity contribution is -0.120. The Kier molecular flexibility index (Phi) is 4.32. The summed E-state index contributed by atoms with van der Waals surface area (Å²) in [5.74, 6) is 1.07. The molecule has 1 amide bonds. The first-order valence-corrected chi connectivity index (χ1v) is 7.63. The minimum Gasteiger partial charge on any atom is -0.486 e. The van der Waals surface area contributed by atoms with Crippen molar-refractivity contribution in [3.63, 3.8) is 0 Å². The van der Waals surface area contributed by atoms with E-state index in [4.69, 9.17) is 14.2 Å². The molecular weight excluding hydrogens is 340 g/mol. The molecule has 0 bridgehead atoms. The second-order valence-electron chi connectivity index (χ2n) is 5.00. The smallest absolute Gasteiger partial charge is 0.231 e. The molecule has 7 heteroatoms. The molecule has 2 unspecified atom stereocenters. The van der Waals surface area contributed by atoms with E-state index in [1.807, 2.05) is 13.1 Å². The van der Waals surface area contributed by atoms with E-state index < -0.39 is 0 Å². The Morgan fingerprint density at radius 1 is 1.24 bits per heavy atom. The van der Waals surface area contributed by atoms with Gasteiger partial charge in [0, 0.05) is 22.6 Å². The highest BCUT2D eigenvalue weighted by atomic mass is 79.9. The van der Waals surface area contributed by atoms with E-state index in [1.165, 1.54) is 0 Å². The lowest BCUT2D eigenvalue weighted by Crippen LogP contribution is -2.39. The second-order valence-corrected chi connectivity index (χ2v) is 5.86. The lowest BCUT2D eigenvalue weighted by atomic mass is 10.0. The number of carbonyl (C=O) groups is 1. The summed E-state index contributed by atoms with van der Waals surface area (Å²) in [5.41, 5.74) is 0.672. The molecule has 0 spiro atoms. The number of fused-ring (bicyclic) bond motifs is 1. The highest BCUT2D eigenvalue weighted by Gasteiger charge is 2.33. The van der Waals surface area contributed by atoms with E-state index in [2.05, 4.69) is 26.6 Å². The maximum Gasteiger partial charge on any atom is 0.231 e. The number of amides is 1. The first-order valence-electron chi connectivity index (χ1n) is 6.84. The Morgan fingerprint density at radius 3 is 2.67 bits per heavy atom. The Morgan fingerprint density at radius 2 is 1.95 bits per heavy atom. The summed E-state index contributed by atoms with van der Waals surface area (Å²) in [5, 5.41) is 6.03. The van der Waals surface area contributed by atoms with Crippen molar-refractivity contribution in [3.05, 3.63) is 16.6 Å². The average molecular weight is 357 g/mol. The van der Waals surface area contributed by atoms with Gasteiger partial charge in [0.05, 0.1) is 24.8 Å². The Bertz CT molecular complexity index is 552. The molecule has 2 aliphatic rings. The zero-order valence-electron chi connectivity index (χ0n) is 11.6. The van der Waals surface area contributed by atoms with Gasteiger partial charge in [-0.15, -0.1) is 0 Å². The van der Waals surface area contributed by atoms with Crippen LogP contribution in [-0.4, -0.2) is 45.4 Å². The van der Waals surface area contributed by atoms with Crippen LogP contribution < -0.4 is 20.1 Å². The monoisotopic (exact) mass is 356 g/mol. The molecule has 2 aliphatic heterocycles. The molecule has 21 heavy (non-hydrogen) atoms. The summed E-state index contributed by atoms with van der Waals surface area (Å²) in [6.07, 6.45) is 0. The molecule has 0 aromatic heterocycles. The molecule has 1 aromatic carbocycles. The van der Waals surface area contributed by atoms with Gasteiger partial charge in [-0.25, -0.2) is 0 Å². The van der Waals surface area contributed by atoms with Crippen LogP contribution in [-0.2, 0) is 9.53 Å². The van der Waals surface area contributed by atoms with Crippen LogP contribution in [0.2, 0.25) is 0 Å². The highest BCUT2D eigenvalue weighted by molar-refractivity contribution is 9.10. The van der Waals surface area contributed by atoms with Crippen molar-refractivity contribution in [2.24, 2.45) is 5.92 Å². The largest absolute Gasteiger partial charge is 0.486 e. The fraction of sp³-hybridized carbons (Fsp3) is 0.500. The topological polar surface area (TPSA) is 68.8 Å². The molecule has 2 atom stereocenters. The quantitative estimate of drug-likeness (QED) is 0.856. The third-order valence-corrected chi connectivity index (χ3v) is 4.33. The normalized spacial score (nSPS) is 23.9. The van der Waals surface area contributed by atoms with Crippen LogP contribution in [0.3, 0.4) is 0 Å². The predicted octanol–water partition coefficient (Wildman–Crippen LogP) is 1.39. The number of carbonyl (C=O) groups excluding carboxylic acids is 1. The van der Waals surface area contributed by atoms with Crippen molar-refractivity contribution in [3.8, 4) is 11.5 Å². The molecule has 0 radical (unpaired) electrons. The summed E-state index contributed by atoms with van der Waals surface area (Å²) in [4.78, 5) is 12.4. The van der Waals surface area contributed by atoms with Crippen molar-refractivity contribution < 1.29 is 19.0 Å². The molecular formula is C14H17BrN2O4. The molecule has 6 nitrogen and oxygen atoms in total. The molecule has 1 saturated heterocycles. The Labute approximate surface area is 131 Å². The summed E-state index contributed by atoms with van der Waals surface area (Å²) < 4.78 is 17.2. The Hall–Kier alpha value is -1.31. The van der Waals surface area contributed by atoms with Gasteiger partial charge < -0.3 is 24.8 Å².